The van der Waals surface area contributed by atoms with Gasteiger partial charge in [0.2, 0.25) is 0 Å². The summed E-state index contributed by atoms with van der Waals surface area (Å²) < 4.78 is 13.5. The van der Waals surface area contributed by atoms with E-state index in [9.17, 15) is 9.18 Å². The number of amides is 1. The van der Waals surface area contributed by atoms with Crippen LogP contribution in [0.15, 0.2) is 42.5 Å². The number of carbonyl (C=O) groups is 1. The highest BCUT2D eigenvalue weighted by Crippen LogP contribution is 2.21. The Labute approximate surface area is 134 Å². The Balaban J connectivity index is 1.69. The van der Waals surface area contributed by atoms with Crippen LogP contribution in [0.25, 0.3) is 10.9 Å². The molecule has 3 rings (SSSR count). The maximum Gasteiger partial charge on any atom is 0.267 e. The first kappa shape index (κ1) is 15.3. The number of hydrogen-bond donors (Lipinski definition) is 2. The van der Waals surface area contributed by atoms with Crippen molar-refractivity contribution in [2.24, 2.45) is 0 Å². The van der Waals surface area contributed by atoms with Crippen LogP contribution in [0, 0.1) is 19.7 Å². The van der Waals surface area contributed by atoms with Gasteiger partial charge in [-0.3, -0.25) is 4.79 Å². The van der Waals surface area contributed by atoms with E-state index in [1.54, 1.807) is 18.2 Å². The van der Waals surface area contributed by atoms with Crippen LogP contribution < -0.4 is 5.32 Å². The van der Waals surface area contributed by atoms with Gasteiger partial charge in [0.15, 0.2) is 0 Å². The van der Waals surface area contributed by atoms with E-state index in [1.807, 2.05) is 26.0 Å². The fourth-order valence-corrected chi connectivity index (χ4v) is 2.83. The van der Waals surface area contributed by atoms with Crippen molar-refractivity contribution in [1.82, 2.24) is 10.3 Å². The van der Waals surface area contributed by atoms with Gasteiger partial charge in [-0.15, -0.1) is 0 Å². The van der Waals surface area contributed by atoms with Gasteiger partial charge in [0.05, 0.1) is 0 Å². The fourth-order valence-electron chi connectivity index (χ4n) is 2.83. The molecule has 4 heteroatoms. The second-order valence-corrected chi connectivity index (χ2v) is 5.82. The predicted octanol–water partition coefficient (Wildman–Crippen LogP) is 3.90. The summed E-state index contributed by atoms with van der Waals surface area (Å²) in [5.41, 5.74) is 4.39. The molecule has 0 spiro atoms. The summed E-state index contributed by atoms with van der Waals surface area (Å²) in [6, 6.07) is 12.6. The monoisotopic (exact) mass is 310 g/mol. The Morgan fingerprint density at radius 1 is 1.17 bits per heavy atom. The number of aryl methyl sites for hydroxylation is 2. The molecule has 1 aromatic heterocycles. The van der Waals surface area contributed by atoms with Gasteiger partial charge in [0.1, 0.15) is 11.5 Å². The molecule has 2 N–H and O–H groups in total. The fraction of sp³-hybridized carbons (Fsp3) is 0.211. The van der Waals surface area contributed by atoms with E-state index in [4.69, 9.17) is 0 Å². The smallest absolute Gasteiger partial charge is 0.267 e. The number of aromatic nitrogens is 1. The van der Waals surface area contributed by atoms with E-state index in [-0.39, 0.29) is 11.7 Å². The van der Waals surface area contributed by atoms with Crippen LogP contribution in [-0.2, 0) is 6.42 Å². The molecular weight excluding hydrogens is 291 g/mol. The molecule has 0 aliphatic carbocycles. The standard InChI is InChI=1S/C19H19FN2O/c1-12-9-13(2)15-11-18(22-17(15)10-12)19(23)21-8-7-14-5-3-4-6-16(14)20/h3-6,9-11,22H,7-8H2,1-2H3,(H,21,23). The Morgan fingerprint density at radius 3 is 2.74 bits per heavy atom. The van der Waals surface area contributed by atoms with Crippen molar-refractivity contribution in [1.29, 1.82) is 0 Å². The number of H-pyrrole nitrogens is 1. The van der Waals surface area contributed by atoms with Gasteiger partial charge in [0, 0.05) is 17.4 Å². The van der Waals surface area contributed by atoms with E-state index >= 15 is 0 Å². The van der Waals surface area contributed by atoms with Gasteiger partial charge in [-0.2, -0.15) is 0 Å². The van der Waals surface area contributed by atoms with Gasteiger partial charge in [-0.1, -0.05) is 24.3 Å². The maximum absolute atomic E-state index is 13.5. The predicted molar refractivity (Wildman–Crippen MR) is 90.2 cm³/mol. The highest BCUT2D eigenvalue weighted by Gasteiger charge is 2.11. The van der Waals surface area contributed by atoms with Gasteiger partial charge in [0.25, 0.3) is 5.91 Å². The van der Waals surface area contributed by atoms with E-state index in [0.717, 1.165) is 22.0 Å². The Kier molecular flexibility index (Phi) is 4.15. The molecule has 0 radical (unpaired) electrons. The third-order valence-corrected chi connectivity index (χ3v) is 3.97. The first-order valence-electron chi connectivity index (χ1n) is 7.66. The molecule has 3 nitrogen and oxygen atoms in total. The van der Waals surface area contributed by atoms with Crippen molar-refractivity contribution >= 4 is 16.8 Å². The summed E-state index contributed by atoms with van der Waals surface area (Å²) in [5, 5.41) is 3.88. The highest BCUT2D eigenvalue weighted by atomic mass is 19.1. The number of nitrogens with one attached hydrogen (secondary N) is 2. The number of hydrogen-bond acceptors (Lipinski definition) is 1. The van der Waals surface area contributed by atoms with Crippen molar-refractivity contribution < 1.29 is 9.18 Å². The number of benzene rings is 2. The van der Waals surface area contributed by atoms with E-state index in [1.165, 1.54) is 6.07 Å². The Bertz CT molecular complexity index is 867. The zero-order chi connectivity index (χ0) is 16.4. The molecule has 0 fully saturated rings. The molecule has 0 unspecified atom stereocenters. The largest absolute Gasteiger partial charge is 0.351 e. The van der Waals surface area contributed by atoms with Crippen LogP contribution in [-0.4, -0.2) is 17.4 Å². The lowest BCUT2D eigenvalue weighted by atomic mass is 10.1. The molecule has 118 valence electrons. The molecule has 1 heterocycles. The molecule has 1 amide bonds. The third-order valence-electron chi connectivity index (χ3n) is 3.97. The topological polar surface area (TPSA) is 44.9 Å². The molecule has 2 aromatic carbocycles. The zero-order valence-electron chi connectivity index (χ0n) is 13.2. The minimum absolute atomic E-state index is 0.172. The van der Waals surface area contributed by atoms with Crippen molar-refractivity contribution in [3.63, 3.8) is 0 Å². The molecule has 0 aliphatic heterocycles. The molecule has 0 bridgehead atoms. The van der Waals surface area contributed by atoms with Crippen molar-refractivity contribution in [2.75, 3.05) is 6.54 Å². The lowest BCUT2D eigenvalue weighted by Crippen LogP contribution is -2.26. The van der Waals surface area contributed by atoms with Crippen LogP contribution in [0.1, 0.15) is 27.2 Å². The normalized spacial score (nSPS) is 10.9. The number of carbonyl (C=O) groups excluding carboxylic acids is 1. The van der Waals surface area contributed by atoms with Crippen molar-refractivity contribution in [3.8, 4) is 0 Å². The second-order valence-electron chi connectivity index (χ2n) is 5.82. The van der Waals surface area contributed by atoms with Gasteiger partial charge in [-0.25, -0.2) is 4.39 Å². The molecular formula is C19H19FN2O. The van der Waals surface area contributed by atoms with Crippen LogP contribution in [0.4, 0.5) is 4.39 Å². The van der Waals surface area contributed by atoms with Crippen LogP contribution >= 0.6 is 0 Å². The van der Waals surface area contributed by atoms with Crippen LogP contribution in [0.2, 0.25) is 0 Å². The Hall–Kier alpha value is -2.62. The maximum atomic E-state index is 13.5. The first-order valence-corrected chi connectivity index (χ1v) is 7.66. The molecule has 0 saturated heterocycles. The second kappa shape index (κ2) is 6.24. The third kappa shape index (κ3) is 3.26. The molecule has 0 atom stereocenters. The van der Waals surface area contributed by atoms with Gasteiger partial charge >= 0.3 is 0 Å². The average Bonchev–Trinajstić information content (AvgIpc) is 2.93. The summed E-state index contributed by atoms with van der Waals surface area (Å²) in [7, 11) is 0. The molecule has 0 aliphatic rings. The van der Waals surface area contributed by atoms with Gasteiger partial charge in [-0.05, 0) is 55.2 Å². The van der Waals surface area contributed by atoms with Crippen molar-refractivity contribution in [2.45, 2.75) is 20.3 Å². The quantitative estimate of drug-likeness (QED) is 0.754. The van der Waals surface area contributed by atoms with Crippen molar-refractivity contribution in [3.05, 3.63) is 70.7 Å². The average molecular weight is 310 g/mol. The lowest BCUT2D eigenvalue weighted by Gasteiger charge is -2.05. The molecule has 0 saturated carbocycles. The molecule has 3 aromatic rings. The summed E-state index contributed by atoms with van der Waals surface area (Å²) in [6.07, 6.45) is 0.469. The van der Waals surface area contributed by atoms with Crippen LogP contribution in [0.3, 0.4) is 0 Å². The van der Waals surface area contributed by atoms with E-state index < -0.39 is 0 Å². The summed E-state index contributed by atoms with van der Waals surface area (Å²) in [6.45, 7) is 4.46. The number of aromatic amines is 1. The number of rotatable bonds is 4. The Morgan fingerprint density at radius 2 is 1.96 bits per heavy atom. The molecule has 23 heavy (non-hydrogen) atoms. The minimum atomic E-state index is -0.238. The van der Waals surface area contributed by atoms with E-state index in [2.05, 4.69) is 16.4 Å². The highest BCUT2D eigenvalue weighted by molar-refractivity contribution is 5.98. The summed E-state index contributed by atoms with van der Waals surface area (Å²) in [4.78, 5) is 15.4. The van der Waals surface area contributed by atoms with Gasteiger partial charge < -0.3 is 10.3 Å². The first-order chi connectivity index (χ1) is 11.0. The summed E-state index contributed by atoms with van der Waals surface area (Å²) in [5.74, 6) is -0.409. The minimum Gasteiger partial charge on any atom is -0.351 e. The summed E-state index contributed by atoms with van der Waals surface area (Å²) >= 11 is 0. The number of halogens is 1. The van der Waals surface area contributed by atoms with Crippen LogP contribution in [0.5, 0.6) is 0 Å². The SMILES string of the molecule is Cc1cc(C)c2cc(C(=O)NCCc3ccccc3F)[nH]c2c1. The zero-order valence-corrected chi connectivity index (χ0v) is 13.2. The number of fused-ring (bicyclic) bond motifs is 1. The lowest BCUT2D eigenvalue weighted by molar-refractivity contribution is 0.0950. The van der Waals surface area contributed by atoms with E-state index in [0.29, 0.717) is 24.2 Å².